The van der Waals surface area contributed by atoms with Crippen LogP contribution in [0.4, 0.5) is 14.5 Å². The first kappa shape index (κ1) is 24.0. The highest BCUT2D eigenvalue weighted by atomic mass is 35.5. The standard InChI is InChI=1S/C24H22Cl2F2N4O3/c1-13(33)30-5-6-35-15(11-30)12-32-21-10-18(27)16(25)9-20(21)29-24(32)23-17(26)7-14(8-19(23)28)31-4-2-3-22(31)34/h7-10,15H,2-6,11-12H2,1H3/t15-/m1/s1. The number of morpholine rings is 1. The smallest absolute Gasteiger partial charge is 0.227 e. The molecule has 2 aromatic carbocycles. The molecule has 184 valence electrons. The van der Waals surface area contributed by atoms with Crippen molar-refractivity contribution in [3.8, 4) is 11.4 Å². The van der Waals surface area contributed by atoms with E-state index < -0.39 is 17.7 Å². The fraction of sp³-hybridized carbons (Fsp3) is 0.375. The van der Waals surface area contributed by atoms with Crippen LogP contribution in [0.15, 0.2) is 24.3 Å². The average Bonchev–Trinajstić information content (AvgIpc) is 3.38. The highest BCUT2D eigenvalue weighted by Crippen LogP contribution is 2.37. The van der Waals surface area contributed by atoms with Gasteiger partial charge in [-0.25, -0.2) is 13.8 Å². The number of amides is 2. The summed E-state index contributed by atoms with van der Waals surface area (Å²) in [5, 5.41) is -0.0439. The molecule has 0 N–H and O–H groups in total. The van der Waals surface area contributed by atoms with Crippen molar-refractivity contribution < 1.29 is 23.1 Å². The maximum Gasteiger partial charge on any atom is 0.227 e. The van der Waals surface area contributed by atoms with Crippen LogP contribution >= 0.6 is 23.2 Å². The molecule has 0 spiro atoms. The van der Waals surface area contributed by atoms with Gasteiger partial charge < -0.3 is 19.1 Å². The van der Waals surface area contributed by atoms with E-state index in [2.05, 4.69) is 4.98 Å². The third kappa shape index (κ3) is 4.48. The highest BCUT2D eigenvalue weighted by Gasteiger charge is 2.28. The predicted molar refractivity (Wildman–Crippen MR) is 129 cm³/mol. The Morgan fingerprint density at radius 1 is 1.14 bits per heavy atom. The van der Waals surface area contributed by atoms with Crippen LogP contribution in [-0.2, 0) is 20.9 Å². The lowest BCUT2D eigenvalue weighted by atomic mass is 10.1. The molecule has 2 amide bonds. The topological polar surface area (TPSA) is 67.7 Å². The Bertz CT molecular complexity index is 1320. The second-order valence-electron chi connectivity index (χ2n) is 8.69. The third-order valence-corrected chi connectivity index (χ3v) is 6.98. The number of halogens is 4. The van der Waals surface area contributed by atoms with E-state index in [0.29, 0.717) is 55.8 Å². The molecule has 1 atom stereocenters. The largest absolute Gasteiger partial charge is 0.373 e. The zero-order valence-corrected chi connectivity index (χ0v) is 20.4. The zero-order valence-electron chi connectivity index (χ0n) is 18.9. The monoisotopic (exact) mass is 522 g/mol. The van der Waals surface area contributed by atoms with E-state index in [1.807, 2.05) is 0 Å². The summed E-state index contributed by atoms with van der Waals surface area (Å²) >= 11 is 12.5. The van der Waals surface area contributed by atoms with E-state index in [4.69, 9.17) is 27.9 Å². The molecule has 7 nitrogen and oxygen atoms in total. The molecule has 0 unspecified atom stereocenters. The van der Waals surface area contributed by atoms with Crippen molar-refractivity contribution in [2.24, 2.45) is 0 Å². The fourth-order valence-electron chi connectivity index (χ4n) is 4.67. The van der Waals surface area contributed by atoms with Crippen LogP contribution in [0.25, 0.3) is 22.4 Å². The Morgan fingerprint density at radius 2 is 1.94 bits per heavy atom. The number of ether oxygens (including phenoxy) is 1. The van der Waals surface area contributed by atoms with E-state index in [1.165, 1.54) is 36.1 Å². The molecule has 3 aromatic rings. The number of anilines is 1. The van der Waals surface area contributed by atoms with Gasteiger partial charge in [0, 0.05) is 44.7 Å². The lowest BCUT2D eigenvalue weighted by molar-refractivity contribution is -0.136. The van der Waals surface area contributed by atoms with E-state index >= 15 is 4.39 Å². The Balaban J connectivity index is 1.61. The number of imidazole rings is 1. The number of rotatable bonds is 4. The molecular weight excluding hydrogens is 501 g/mol. The summed E-state index contributed by atoms with van der Waals surface area (Å²) in [4.78, 5) is 31.7. The number of fused-ring (bicyclic) bond motifs is 1. The molecule has 0 aliphatic carbocycles. The van der Waals surface area contributed by atoms with Gasteiger partial charge in [-0.05, 0) is 24.6 Å². The molecule has 5 rings (SSSR count). The van der Waals surface area contributed by atoms with Crippen LogP contribution in [0, 0.1) is 11.6 Å². The summed E-state index contributed by atoms with van der Waals surface area (Å²) in [6, 6.07) is 5.41. The van der Waals surface area contributed by atoms with Gasteiger partial charge in [-0.15, -0.1) is 0 Å². The number of carbonyl (C=O) groups is 2. The molecule has 11 heteroatoms. The van der Waals surface area contributed by atoms with Crippen molar-refractivity contribution in [3.05, 3.63) is 45.9 Å². The number of benzene rings is 2. The Morgan fingerprint density at radius 3 is 2.63 bits per heavy atom. The van der Waals surface area contributed by atoms with E-state index in [0.717, 1.165) is 0 Å². The molecular formula is C24H22Cl2F2N4O3. The zero-order chi connectivity index (χ0) is 24.9. The Labute approximate surface area is 210 Å². The van der Waals surface area contributed by atoms with Crippen molar-refractivity contribution in [2.45, 2.75) is 32.4 Å². The summed E-state index contributed by atoms with van der Waals surface area (Å²) in [7, 11) is 0. The van der Waals surface area contributed by atoms with Crippen LogP contribution in [-0.4, -0.2) is 58.6 Å². The van der Waals surface area contributed by atoms with Gasteiger partial charge >= 0.3 is 0 Å². The molecule has 0 bridgehead atoms. The third-order valence-electron chi connectivity index (χ3n) is 6.40. The van der Waals surface area contributed by atoms with E-state index in [9.17, 15) is 14.0 Å². The van der Waals surface area contributed by atoms with E-state index in [1.54, 1.807) is 9.47 Å². The van der Waals surface area contributed by atoms with Crippen molar-refractivity contribution in [1.29, 1.82) is 0 Å². The fourth-order valence-corrected chi connectivity index (χ4v) is 5.11. The van der Waals surface area contributed by atoms with Gasteiger partial charge in [0.1, 0.15) is 17.5 Å². The second kappa shape index (κ2) is 9.37. The quantitative estimate of drug-likeness (QED) is 0.499. The maximum atomic E-state index is 15.5. The van der Waals surface area contributed by atoms with Crippen molar-refractivity contribution in [2.75, 3.05) is 31.1 Å². The van der Waals surface area contributed by atoms with Gasteiger partial charge in [-0.1, -0.05) is 23.2 Å². The van der Waals surface area contributed by atoms with Crippen LogP contribution in [0.5, 0.6) is 0 Å². The summed E-state index contributed by atoms with van der Waals surface area (Å²) < 4.78 is 37.4. The van der Waals surface area contributed by atoms with Crippen LogP contribution in [0.2, 0.25) is 10.0 Å². The molecule has 35 heavy (non-hydrogen) atoms. The SMILES string of the molecule is CC(=O)N1CCO[C@@H](Cn2c(-c3c(F)cc(N4CCCC4=O)cc3Cl)nc3cc(Cl)c(F)cc32)C1. The molecule has 2 saturated heterocycles. The van der Waals surface area contributed by atoms with Gasteiger partial charge in [0.15, 0.2) is 0 Å². The van der Waals surface area contributed by atoms with Gasteiger partial charge in [-0.3, -0.25) is 9.59 Å². The number of carbonyl (C=O) groups excluding carboxylic acids is 2. The van der Waals surface area contributed by atoms with Crippen molar-refractivity contribution >= 4 is 51.7 Å². The van der Waals surface area contributed by atoms with Crippen LogP contribution in [0.3, 0.4) is 0 Å². The summed E-state index contributed by atoms with van der Waals surface area (Å²) in [5.41, 5.74) is 1.15. The minimum absolute atomic E-state index is 0.0222. The molecule has 1 aromatic heterocycles. The lowest BCUT2D eigenvalue weighted by Gasteiger charge is -2.32. The molecule has 0 saturated carbocycles. The summed E-state index contributed by atoms with van der Waals surface area (Å²) in [5.74, 6) is -1.29. The second-order valence-corrected chi connectivity index (χ2v) is 9.51. The Kier molecular flexibility index (Phi) is 6.41. The minimum atomic E-state index is -0.662. The van der Waals surface area contributed by atoms with Crippen molar-refractivity contribution in [1.82, 2.24) is 14.5 Å². The first-order valence-corrected chi connectivity index (χ1v) is 12.0. The van der Waals surface area contributed by atoms with Crippen LogP contribution in [0.1, 0.15) is 19.8 Å². The van der Waals surface area contributed by atoms with Gasteiger partial charge in [0.25, 0.3) is 0 Å². The highest BCUT2D eigenvalue weighted by molar-refractivity contribution is 6.33. The van der Waals surface area contributed by atoms with Gasteiger partial charge in [0.05, 0.1) is 45.9 Å². The number of aromatic nitrogens is 2. The number of nitrogens with zero attached hydrogens (tertiary/aromatic N) is 4. The first-order valence-electron chi connectivity index (χ1n) is 11.2. The number of hydrogen-bond acceptors (Lipinski definition) is 4. The summed E-state index contributed by atoms with van der Waals surface area (Å²) in [6.07, 6.45) is 0.674. The molecule has 0 radical (unpaired) electrons. The maximum absolute atomic E-state index is 15.5. The Hall–Kier alpha value is -2.75. The molecule has 2 aliphatic rings. The van der Waals surface area contributed by atoms with Crippen molar-refractivity contribution in [3.63, 3.8) is 0 Å². The predicted octanol–water partition coefficient (Wildman–Crippen LogP) is 4.66. The average molecular weight is 523 g/mol. The normalized spacial score (nSPS) is 18.7. The van der Waals surface area contributed by atoms with Crippen LogP contribution < -0.4 is 4.90 Å². The summed E-state index contributed by atoms with van der Waals surface area (Å²) in [6.45, 7) is 3.32. The van der Waals surface area contributed by atoms with Gasteiger partial charge in [0.2, 0.25) is 11.8 Å². The molecule has 2 aliphatic heterocycles. The van der Waals surface area contributed by atoms with Gasteiger partial charge in [-0.2, -0.15) is 0 Å². The molecule has 3 heterocycles. The molecule has 2 fully saturated rings. The van der Waals surface area contributed by atoms with E-state index in [-0.39, 0.29) is 39.8 Å². The first-order chi connectivity index (χ1) is 16.7. The minimum Gasteiger partial charge on any atom is -0.373 e. The lowest BCUT2D eigenvalue weighted by Crippen LogP contribution is -2.46. The number of hydrogen-bond donors (Lipinski definition) is 0.